The molecule has 0 unspecified atom stereocenters. The maximum Gasteiger partial charge on any atom is 0.291 e. The van der Waals surface area contributed by atoms with Crippen LogP contribution in [0.4, 0.5) is 5.69 Å². The maximum atomic E-state index is 13.1. The molecule has 2 amide bonds. The van der Waals surface area contributed by atoms with Gasteiger partial charge in [-0.2, -0.15) is 0 Å². The fourth-order valence-corrected chi connectivity index (χ4v) is 3.58. The molecule has 9 nitrogen and oxygen atoms in total. The largest absolute Gasteiger partial charge is 0.449 e. The van der Waals surface area contributed by atoms with E-state index in [-0.39, 0.29) is 24.1 Å². The Hall–Kier alpha value is -3.72. The predicted molar refractivity (Wildman–Crippen MR) is 109 cm³/mol. The van der Waals surface area contributed by atoms with Crippen molar-refractivity contribution in [2.75, 3.05) is 31.6 Å². The van der Waals surface area contributed by atoms with E-state index in [0.29, 0.717) is 48.5 Å². The topological polar surface area (TPSA) is 102 Å². The first-order chi connectivity index (χ1) is 14.7. The first-order valence-electron chi connectivity index (χ1n) is 9.67. The van der Waals surface area contributed by atoms with Crippen molar-refractivity contribution >= 4 is 39.5 Å². The predicted octanol–water partition coefficient (Wildman–Crippen LogP) is 2.29. The number of para-hydroxylation sites is 2. The van der Waals surface area contributed by atoms with Gasteiger partial charge in [0.1, 0.15) is 23.3 Å². The molecule has 3 heterocycles. The van der Waals surface area contributed by atoms with Crippen molar-refractivity contribution in [3.05, 3.63) is 54.3 Å². The maximum absolute atomic E-state index is 13.1. The zero-order valence-corrected chi connectivity index (χ0v) is 16.1. The van der Waals surface area contributed by atoms with Crippen molar-refractivity contribution in [2.45, 2.75) is 6.54 Å². The second-order valence-corrected chi connectivity index (χ2v) is 6.99. The third-order valence-corrected chi connectivity index (χ3v) is 5.07. The fraction of sp³-hybridized carbons (Fsp3) is 0.238. The summed E-state index contributed by atoms with van der Waals surface area (Å²) < 4.78 is 12.7. The van der Waals surface area contributed by atoms with E-state index in [1.165, 1.54) is 4.68 Å². The molecule has 4 aromatic rings. The van der Waals surface area contributed by atoms with E-state index in [4.69, 9.17) is 9.15 Å². The Kier molecular flexibility index (Phi) is 4.64. The van der Waals surface area contributed by atoms with E-state index >= 15 is 0 Å². The van der Waals surface area contributed by atoms with E-state index in [1.54, 1.807) is 11.0 Å². The highest BCUT2D eigenvalue weighted by atomic mass is 16.5. The van der Waals surface area contributed by atoms with Gasteiger partial charge in [0.15, 0.2) is 0 Å². The number of anilines is 1. The zero-order chi connectivity index (χ0) is 20.5. The van der Waals surface area contributed by atoms with Gasteiger partial charge in [-0.05, 0) is 24.3 Å². The number of nitrogens with one attached hydrogen (secondary N) is 1. The molecule has 5 rings (SSSR count). The molecule has 2 aromatic heterocycles. The number of rotatable bonds is 4. The van der Waals surface area contributed by atoms with Crippen LogP contribution in [-0.2, 0) is 16.1 Å². The van der Waals surface area contributed by atoms with E-state index < -0.39 is 0 Å². The van der Waals surface area contributed by atoms with Crippen molar-refractivity contribution in [1.29, 1.82) is 0 Å². The number of carbonyl (C=O) groups excluding carboxylic acids is 2. The van der Waals surface area contributed by atoms with Crippen LogP contribution in [0.2, 0.25) is 0 Å². The van der Waals surface area contributed by atoms with Gasteiger partial charge < -0.3 is 19.4 Å². The summed E-state index contributed by atoms with van der Waals surface area (Å²) in [4.78, 5) is 27.6. The van der Waals surface area contributed by atoms with Crippen molar-refractivity contribution in [1.82, 2.24) is 19.9 Å². The number of carbonyl (C=O) groups is 2. The number of benzene rings is 2. The second kappa shape index (κ2) is 7.60. The van der Waals surface area contributed by atoms with Gasteiger partial charge in [-0.25, -0.2) is 4.68 Å². The molecule has 1 aliphatic heterocycles. The van der Waals surface area contributed by atoms with Crippen LogP contribution in [0, 0.1) is 0 Å². The molecule has 0 spiro atoms. The Bertz CT molecular complexity index is 1240. The van der Waals surface area contributed by atoms with Crippen LogP contribution in [0.15, 0.2) is 52.9 Å². The lowest BCUT2D eigenvalue weighted by Gasteiger charge is -2.26. The minimum Gasteiger partial charge on any atom is -0.449 e. The van der Waals surface area contributed by atoms with Crippen molar-refractivity contribution in [2.24, 2.45) is 0 Å². The van der Waals surface area contributed by atoms with Crippen LogP contribution < -0.4 is 5.32 Å². The summed E-state index contributed by atoms with van der Waals surface area (Å²) in [5, 5.41) is 11.6. The van der Waals surface area contributed by atoms with Gasteiger partial charge in [0.2, 0.25) is 11.7 Å². The third-order valence-electron chi connectivity index (χ3n) is 5.07. The number of hydrogen-bond acceptors (Lipinski definition) is 6. The van der Waals surface area contributed by atoms with E-state index in [1.807, 2.05) is 42.5 Å². The second-order valence-electron chi connectivity index (χ2n) is 6.99. The van der Waals surface area contributed by atoms with Gasteiger partial charge in [0.05, 0.1) is 18.7 Å². The normalized spacial score (nSPS) is 14.3. The highest BCUT2D eigenvalue weighted by Crippen LogP contribution is 2.32. The Morgan fingerprint density at radius 1 is 1.03 bits per heavy atom. The van der Waals surface area contributed by atoms with E-state index in [9.17, 15) is 9.59 Å². The molecule has 0 saturated carbocycles. The molecule has 1 N–H and O–H groups in total. The van der Waals surface area contributed by atoms with Crippen LogP contribution in [0.5, 0.6) is 0 Å². The molecule has 1 aliphatic rings. The van der Waals surface area contributed by atoms with Crippen LogP contribution in [0.3, 0.4) is 0 Å². The molecule has 0 atom stereocenters. The number of furan rings is 1. The molecule has 0 aliphatic carbocycles. The first-order valence-corrected chi connectivity index (χ1v) is 9.67. The highest BCUT2D eigenvalue weighted by Gasteiger charge is 2.27. The lowest BCUT2D eigenvalue weighted by atomic mass is 10.2. The van der Waals surface area contributed by atoms with Crippen LogP contribution >= 0.6 is 0 Å². The molecule has 1 saturated heterocycles. The summed E-state index contributed by atoms with van der Waals surface area (Å²) in [7, 11) is 0. The molecule has 0 radical (unpaired) electrons. The van der Waals surface area contributed by atoms with Gasteiger partial charge in [0, 0.05) is 18.5 Å². The molecular formula is C21H19N5O4. The summed E-state index contributed by atoms with van der Waals surface area (Å²) in [5.41, 5.74) is 2.38. The number of ether oxygens (including phenoxy) is 1. The SMILES string of the molecule is O=C(Cn1nnc2ccccc21)Nc1c(C(=O)N2CCOCC2)oc2ccccc12. The quantitative estimate of drug-likeness (QED) is 0.559. The Balaban J connectivity index is 1.45. The number of hydrogen-bond donors (Lipinski definition) is 1. The Labute approximate surface area is 171 Å². The highest BCUT2D eigenvalue weighted by molar-refractivity contribution is 6.10. The summed E-state index contributed by atoms with van der Waals surface area (Å²) in [6, 6.07) is 14.7. The van der Waals surface area contributed by atoms with Crippen LogP contribution in [0.1, 0.15) is 10.6 Å². The van der Waals surface area contributed by atoms with Crippen molar-refractivity contribution in [3.63, 3.8) is 0 Å². The van der Waals surface area contributed by atoms with Crippen molar-refractivity contribution < 1.29 is 18.7 Å². The summed E-state index contributed by atoms with van der Waals surface area (Å²) in [6.07, 6.45) is 0. The monoisotopic (exact) mass is 405 g/mol. The van der Waals surface area contributed by atoms with Gasteiger partial charge >= 0.3 is 0 Å². The molecule has 152 valence electrons. The lowest BCUT2D eigenvalue weighted by molar-refractivity contribution is -0.116. The lowest BCUT2D eigenvalue weighted by Crippen LogP contribution is -2.40. The Morgan fingerprint density at radius 2 is 1.80 bits per heavy atom. The molecule has 2 aromatic carbocycles. The van der Waals surface area contributed by atoms with Crippen LogP contribution in [0.25, 0.3) is 22.0 Å². The Morgan fingerprint density at radius 3 is 2.67 bits per heavy atom. The van der Waals surface area contributed by atoms with Crippen LogP contribution in [-0.4, -0.2) is 58.0 Å². The summed E-state index contributed by atoms with van der Waals surface area (Å²) in [6.45, 7) is 1.88. The molecule has 0 bridgehead atoms. The standard InChI is InChI=1S/C21H19N5O4/c27-18(13-26-16-7-3-2-6-15(16)23-24-26)22-19-14-5-1-4-8-17(14)30-20(19)21(28)25-9-11-29-12-10-25/h1-8H,9-13H2,(H,22,27). The smallest absolute Gasteiger partial charge is 0.291 e. The summed E-state index contributed by atoms with van der Waals surface area (Å²) >= 11 is 0. The molecule has 30 heavy (non-hydrogen) atoms. The fourth-order valence-electron chi connectivity index (χ4n) is 3.58. The first kappa shape index (κ1) is 18.3. The average molecular weight is 405 g/mol. The average Bonchev–Trinajstić information content (AvgIpc) is 3.36. The third kappa shape index (κ3) is 3.29. The number of amides is 2. The van der Waals surface area contributed by atoms with Gasteiger partial charge in [-0.3, -0.25) is 9.59 Å². The minimum atomic E-state index is -0.326. The van der Waals surface area contributed by atoms with Gasteiger partial charge in [-0.1, -0.05) is 29.5 Å². The number of morpholine rings is 1. The number of nitrogens with zero attached hydrogens (tertiary/aromatic N) is 4. The van der Waals surface area contributed by atoms with E-state index in [0.717, 1.165) is 5.52 Å². The number of aromatic nitrogens is 3. The van der Waals surface area contributed by atoms with E-state index in [2.05, 4.69) is 15.6 Å². The summed E-state index contributed by atoms with van der Waals surface area (Å²) in [5.74, 6) is -0.473. The van der Waals surface area contributed by atoms with Gasteiger partial charge in [0.25, 0.3) is 5.91 Å². The van der Waals surface area contributed by atoms with Crippen molar-refractivity contribution in [3.8, 4) is 0 Å². The number of fused-ring (bicyclic) bond motifs is 2. The molecule has 9 heteroatoms. The minimum absolute atomic E-state index is 0.0365. The molecule has 1 fully saturated rings. The van der Waals surface area contributed by atoms with Gasteiger partial charge in [-0.15, -0.1) is 5.10 Å². The zero-order valence-electron chi connectivity index (χ0n) is 16.1. The molecular weight excluding hydrogens is 386 g/mol.